The lowest BCUT2D eigenvalue weighted by molar-refractivity contribution is 0.219. The summed E-state index contributed by atoms with van der Waals surface area (Å²) in [5, 5.41) is 12.4. The quantitative estimate of drug-likeness (QED) is 0.447. The van der Waals surface area contributed by atoms with Crippen molar-refractivity contribution in [2.45, 2.75) is 5.92 Å². The van der Waals surface area contributed by atoms with E-state index in [2.05, 4.69) is 46.1 Å². The van der Waals surface area contributed by atoms with E-state index >= 15 is 0 Å². The largest absolute Gasteiger partial charge is 0.497 e. The molecule has 0 aliphatic carbocycles. The summed E-state index contributed by atoms with van der Waals surface area (Å²) in [7, 11) is 3.77. The van der Waals surface area contributed by atoms with E-state index < -0.39 is 0 Å². The molecule has 2 heterocycles. The number of allylic oxidation sites excluding steroid dienone is 1. The van der Waals surface area contributed by atoms with Crippen LogP contribution in [0.2, 0.25) is 0 Å². The standard InChI is InChI=1S/C27H26N4O2/c1-30-13-15-31(16-14-30)18-29-27-23(17-28)25(20-7-10-21(32-2)11-8-20)26-22-6-4-3-5-19(22)9-12-24(26)33-27/h3-12,18,25H,13-16H2,1-2H3. The molecule has 5 rings (SSSR count). The highest BCUT2D eigenvalue weighted by molar-refractivity contribution is 5.90. The molecule has 3 aromatic rings. The molecule has 0 N–H and O–H groups in total. The van der Waals surface area contributed by atoms with E-state index in [1.807, 2.05) is 48.8 Å². The van der Waals surface area contributed by atoms with Crippen LogP contribution in [0, 0.1) is 11.3 Å². The first kappa shape index (κ1) is 21.0. The van der Waals surface area contributed by atoms with Crippen LogP contribution in [0.25, 0.3) is 10.8 Å². The number of methoxy groups -OCH3 is 1. The molecule has 33 heavy (non-hydrogen) atoms. The second-order valence-corrected chi connectivity index (χ2v) is 8.42. The second-order valence-electron chi connectivity index (χ2n) is 8.42. The average molecular weight is 439 g/mol. The van der Waals surface area contributed by atoms with Crippen molar-refractivity contribution in [3.05, 3.63) is 83.2 Å². The van der Waals surface area contributed by atoms with Gasteiger partial charge >= 0.3 is 0 Å². The molecule has 6 heteroatoms. The molecule has 1 saturated heterocycles. The van der Waals surface area contributed by atoms with Crippen LogP contribution < -0.4 is 9.47 Å². The number of nitriles is 1. The molecule has 2 aliphatic rings. The van der Waals surface area contributed by atoms with Crippen LogP contribution in [0.5, 0.6) is 11.5 Å². The van der Waals surface area contributed by atoms with E-state index in [0.29, 0.717) is 11.5 Å². The van der Waals surface area contributed by atoms with Gasteiger partial charge in [-0.2, -0.15) is 5.26 Å². The maximum atomic E-state index is 10.3. The molecule has 0 amide bonds. The number of aliphatic imine (C=N–C) groups is 1. The first-order valence-corrected chi connectivity index (χ1v) is 11.1. The maximum Gasteiger partial charge on any atom is 0.235 e. The Kier molecular flexibility index (Phi) is 5.72. The highest BCUT2D eigenvalue weighted by Gasteiger charge is 2.33. The topological polar surface area (TPSA) is 61.1 Å². The fourth-order valence-corrected chi connectivity index (χ4v) is 4.50. The van der Waals surface area contributed by atoms with Crippen molar-refractivity contribution in [2.75, 3.05) is 40.3 Å². The van der Waals surface area contributed by atoms with Crippen molar-refractivity contribution in [1.29, 1.82) is 5.26 Å². The van der Waals surface area contributed by atoms with E-state index in [1.165, 1.54) is 0 Å². The molecule has 1 unspecified atom stereocenters. The smallest absolute Gasteiger partial charge is 0.235 e. The summed E-state index contributed by atoms with van der Waals surface area (Å²) in [5.74, 6) is 1.59. The first-order valence-electron chi connectivity index (χ1n) is 11.1. The van der Waals surface area contributed by atoms with E-state index in [-0.39, 0.29) is 5.92 Å². The molecule has 6 nitrogen and oxygen atoms in total. The Morgan fingerprint density at radius 1 is 1.03 bits per heavy atom. The van der Waals surface area contributed by atoms with Gasteiger partial charge in [0.25, 0.3) is 0 Å². The molecule has 2 aliphatic heterocycles. The maximum absolute atomic E-state index is 10.3. The van der Waals surface area contributed by atoms with Crippen LogP contribution in [-0.4, -0.2) is 56.5 Å². The van der Waals surface area contributed by atoms with Crippen molar-refractivity contribution < 1.29 is 9.47 Å². The first-order chi connectivity index (χ1) is 16.2. The van der Waals surface area contributed by atoms with Gasteiger partial charge in [-0.1, -0.05) is 42.5 Å². The number of nitrogens with zero attached hydrogens (tertiary/aromatic N) is 4. The Balaban J connectivity index is 1.63. The van der Waals surface area contributed by atoms with Gasteiger partial charge < -0.3 is 19.3 Å². The minimum Gasteiger partial charge on any atom is -0.497 e. The van der Waals surface area contributed by atoms with Crippen LogP contribution in [0.15, 0.2) is 77.1 Å². The van der Waals surface area contributed by atoms with Crippen LogP contribution >= 0.6 is 0 Å². The lowest BCUT2D eigenvalue weighted by atomic mass is 9.81. The number of fused-ring (bicyclic) bond motifs is 3. The van der Waals surface area contributed by atoms with Crippen molar-refractivity contribution in [3.8, 4) is 17.6 Å². The number of benzene rings is 3. The van der Waals surface area contributed by atoms with Gasteiger partial charge in [0.1, 0.15) is 23.1 Å². The number of ether oxygens (including phenoxy) is 2. The normalized spacial score (nSPS) is 18.8. The minimum atomic E-state index is -0.282. The van der Waals surface area contributed by atoms with Crippen LogP contribution in [0.4, 0.5) is 0 Å². The molecule has 0 radical (unpaired) electrons. The highest BCUT2D eigenvalue weighted by Crippen LogP contribution is 2.46. The second kappa shape index (κ2) is 8.97. The zero-order valence-corrected chi connectivity index (χ0v) is 18.9. The summed E-state index contributed by atoms with van der Waals surface area (Å²) in [6.45, 7) is 3.78. The molecule has 0 aromatic heterocycles. The summed E-state index contributed by atoms with van der Waals surface area (Å²) in [6.07, 6.45) is 1.82. The zero-order valence-electron chi connectivity index (χ0n) is 18.9. The van der Waals surface area contributed by atoms with Gasteiger partial charge in [0.05, 0.1) is 19.4 Å². The third-order valence-electron chi connectivity index (χ3n) is 6.39. The van der Waals surface area contributed by atoms with Gasteiger partial charge in [0.2, 0.25) is 5.88 Å². The Labute approximate surface area is 194 Å². The van der Waals surface area contributed by atoms with E-state index in [9.17, 15) is 5.26 Å². The van der Waals surface area contributed by atoms with Gasteiger partial charge in [0.15, 0.2) is 0 Å². The Morgan fingerprint density at radius 2 is 1.79 bits per heavy atom. The number of likely N-dealkylation sites (N-methyl/N-ethyl adjacent to an activating group) is 1. The average Bonchev–Trinajstić information content (AvgIpc) is 2.87. The fraction of sp³-hybridized carbons (Fsp3) is 0.259. The molecule has 1 atom stereocenters. The lowest BCUT2D eigenvalue weighted by Crippen LogP contribution is -2.43. The van der Waals surface area contributed by atoms with Crippen molar-refractivity contribution in [1.82, 2.24) is 9.80 Å². The van der Waals surface area contributed by atoms with Gasteiger partial charge in [0, 0.05) is 31.7 Å². The summed E-state index contributed by atoms with van der Waals surface area (Å²) in [6, 6.07) is 22.5. The van der Waals surface area contributed by atoms with Gasteiger partial charge in [-0.25, -0.2) is 4.99 Å². The fourth-order valence-electron chi connectivity index (χ4n) is 4.50. The van der Waals surface area contributed by atoms with Gasteiger partial charge in [-0.3, -0.25) is 0 Å². The predicted octanol–water partition coefficient (Wildman–Crippen LogP) is 4.38. The van der Waals surface area contributed by atoms with Gasteiger partial charge in [-0.05, 0) is 41.6 Å². The molecule has 0 spiro atoms. The van der Waals surface area contributed by atoms with Crippen molar-refractivity contribution in [2.24, 2.45) is 4.99 Å². The van der Waals surface area contributed by atoms with Crippen molar-refractivity contribution >= 4 is 17.1 Å². The minimum absolute atomic E-state index is 0.282. The van der Waals surface area contributed by atoms with Crippen molar-refractivity contribution in [3.63, 3.8) is 0 Å². The Hall–Kier alpha value is -3.82. The predicted molar refractivity (Wildman–Crippen MR) is 130 cm³/mol. The molecule has 1 fully saturated rings. The SMILES string of the molecule is COc1ccc(C2C(C#N)=C(N=CN3CCN(C)CC3)Oc3ccc4ccccc4c32)cc1. The lowest BCUT2D eigenvalue weighted by Gasteiger charge is -2.31. The number of hydrogen-bond acceptors (Lipinski definition) is 5. The Bertz CT molecular complexity index is 1270. The van der Waals surface area contributed by atoms with E-state index in [4.69, 9.17) is 9.47 Å². The third kappa shape index (κ3) is 4.04. The number of hydrogen-bond donors (Lipinski definition) is 0. The summed E-state index contributed by atoms with van der Waals surface area (Å²) in [4.78, 5) is 9.13. The monoisotopic (exact) mass is 438 g/mol. The number of piperazine rings is 1. The molecule has 3 aromatic carbocycles. The van der Waals surface area contributed by atoms with Crippen LogP contribution in [-0.2, 0) is 0 Å². The summed E-state index contributed by atoms with van der Waals surface area (Å²) < 4.78 is 11.6. The molecule has 166 valence electrons. The molecule has 0 bridgehead atoms. The third-order valence-corrected chi connectivity index (χ3v) is 6.39. The zero-order chi connectivity index (χ0) is 22.8. The van der Waals surface area contributed by atoms with E-state index in [1.54, 1.807) is 7.11 Å². The highest BCUT2D eigenvalue weighted by atomic mass is 16.5. The van der Waals surface area contributed by atoms with E-state index in [0.717, 1.165) is 59.6 Å². The van der Waals surface area contributed by atoms with Crippen LogP contribution in [0.1, 0.15) is 17.0 Å². The number of rotatable bonds is 4. The molecule has 0 saturated carbocycles. The van der Waals surface area contributed by atoms with Crippen LogP contribution in [0.3, 0.4) is 0 Å². The summed E-state index contributed by atoms with van der Waals surface area (Å²) >= 11 is 0. The van der Waals surface area contributed by atoms with Gasteiger partial charge in [-0.15, -0.1) is 0 Å². The molecular weight excluding hydrogens is 412 g/mol. The Morgan fingerprint density at radius 3 is 2.52 bits per heavy atom. The molecular formula is C27H26N4O2. The summed E-state index contributed by atoms with van der Waals surface area (Å²) in [5.41, 5.74) is 2.50.